The summed E-state index contributed by atoms with van der Waals surface area (Å²) in [6, 6.07) is 4.62. The highest BCUT2D eigenvalue weighted by Crippen LogP contribution is 2.34. The third kappa shape index (κ3) is 2.70. The first-order chi connectivity index (χ1) is 10.1. The van der Waals surface area contributed by atoms with Crippen molar-refractivity contribution in [3.8, 4) is 0 Å². The summed E-state index contributed by atoms with van der Waals surface area (Å²) in [6.07, 6.45) is 1.37. The second kappa shape index (κ2) is 5.56. The number of carbonyl (C=O) groups excluding carboxylic acids is 1. The summed E-state index contributed by atoms with van der Waals surface area (Å²) < 4.78 is 0. The van der Waals surface area contributed by atoms with Crippen LogP contribution in [-0.2, 0) is 11.2 Å². The van der Waals surface area contributed by atoms with Gasteiger partial charge in [0.2, 0.25) is 5.91 Å². The van der Waals surface area contributed by atoms with Gasteiger partial charge in [0.05, 0.1) is 11.4 Å². The second-order valence-corrected chi connectivity index (χ2v) is 6.04. The predicted molar refractivity (Wildman–Crippen MR) is 86.7 cm³/mol. The molecule has 1 unspecified atom stereocenters. The van der Waals surface area contributed by atoms with Crippen molar-refractivity contribution in [1.82, 2.24) is 4.90 Å². The van der Waals surface area contributed by atoms with Gasteiger partial charge in [-0.15, -0.1) is 0 Å². The summed E-state index contributed by atoms with van der Waals surface area (Å²) in [5, 5.41) is 2.91. The van der Waals surface area contributed by atoms with Gasteiger partial charge in [-0.1, -0.05) is 6.92 Å². The monoisotopic (exact) mass is 288 g/mol. The van der Waals surface area contributed by atoms with E-state index in [0.29, 0.717) is 12.5 Å². The van der Waals surface area contributed by atoms with Crippen LogP contribution in [0.4, 0.5) is 17.1 Å². The molecule has 0 saturated carbocycles. The first-order valence-electron chi connectivity index (χ1n) is 7.79. The van der Waals surface area contributed by atoms with Gasteiger partial charge in [0.25, 0.3) is 0 Å². The molecule has 3 rings (SSSR count). The number of benzene rings is 1. The molecule has 0 spiro atoms. The number of nitrogens with zero attached hydrogens (tertiary/aromatic N) is 2. The standard InChI is InChI=1S/C16H24N4O/c1-3-19-6-7-20(10-11(19)2)15-8-12-4-5-16(21)18-14(12)9-13(15)17/h8-9,11H,3-7,10,17H2,1-2H3,(H,18,21). The van der Waals surface area contributed by atoms with E-state index in [0.717, 1.165) is 49.7 Å². The number of nitrogens with two attached hydrogens (primary N) is 1. The van der Waals surface area contributed by atoms with Crippen molar-refractivity contribution in [2.75, 3.05) is 42.1 Å². The average Bonchev–Trinajstić information content (AvgIpc) is 2.46. The number of amides is 1. The Kier molecular flexibility index (Phi) is 3.76. The zero-order valence-corrected chi connectivity index (χ0v) is 12.9. The molecule has 0 aromatic heterocycles. The number of likely N-dealkylation sites (N-methyl/N-ethyl adjacent to an activating group) is 1. The van der Waals surface area contributed by atoms with Crippen LogP contribution < -0.4 is 16.0 Å². The molecule has 1 atom stereocenters. The van der Waals surface area contributed by atoms with Gasteiger partial charge in [-0.05, 0) is 37.6 Å². The Morgan fingerprint density at radius 2 is 2.14 bits per heavy atom. The molecule has 1 aromatic carbocycles. The molecule has 1 fully saturated rings. The highest BCUT2D eigenvalue weighted by Gasteiger charge is 2.25. The molecule has 3 N–H and O–H groups in total. The Morgan fingerprint density at radius 1 is 1.33 bits per heavy atom. The number of fused-ring (bicyclic) bond motifs is 1. The van der Waals surface area contributed by atoms with Gasteiger partial charge in [-0.2, -0.15) is 0 Å². The number of hydrogen-bond donors (Lipinski definition) is 2. The molecular weight excluding hydrogens is 264 g/mol. The normalized spacial score (nSPS) is 22.9. The predicted octanol–water partition coefficient (Wildman–Crippen LogP) is 1.68. The van der Waals surface area contributed by atoms with Crippen molar-refractivity contribution in [3.05, 3.63) is 17.7 Å². The van der Waals surface area contributed by atoms with Gasteiger partial charge < -0.3 is 16.0 Å². The second-order valence-electron chi connectivity index (χ2n) is 6.04. The molecule has 5 heteroatoms. The fraction of sp³-hybridized carbons (Fsp3) is 0.562. The van der Waals surface area contributed by atoms with E-state index in [2.05, 4.69) is 35.0 Å². The zero-order chi connectivity index (χ0) is 15.0. The quantitative estimate of drug-likeness (QED) is 0.813. The average molecular weight is 288 g/mol. The van der Waals surface area contributed by atoms with Crippen LogP contribution in [0.25, 0.3) is 0 Å². The number of piperazine rings is 1. The largest absolute Gasteiger partial charge is 0.397 e. The van der Waals surface area contributed by atoms with Crippen LogP contribution >= 0.6 is 0 Å². The minimum atomic E-state index is 0.0832. The fourth-order valence-corrected chi connectivity index (χ4v) is 3.39. The molecule has 1 amide bonds. The van der Waals surface area contributed by atoms with E-state index in [1.807, 2.05) is 6.07 Å². The molecule has 0 bridgehead atoms. The van der Waals surface area contributed by atoms with E-state index in [9.17, 15) is 4.79 Å². The zero-order valence-electron chi connectivity index (χ0n) is 12.9. The smallest absolute Gasteiger partial charge is 0.224 e. The lowest BCUT2D eigenvalue weighted by Gasteiger charge is -2.41. The van der Waals surface area contributed by atoms with Crippen LogP contribution in [0.5, 0.6) is 0 Å². The minimum absolute atomic E-state index is 0.0832. The summed E-state index contributed by atoms with van der Waals surface area (Å²) in [6.45, 7) is 8.66. The van der Waals surface area contributed by atoms with Crippen molar-refractivity contribution in [3.63, 3.8) is 0 Å². The number of hydrogen-bond acceptors (Lipinski definition) is 4. The summed E-state index contributed by atoms with van der Waals surface area (Å²) in [5.41, 5.74) is 10.2. The number of carbonyl (C=O) groups is 1. The Balaban J connectivity index is 1.84. The molecule has 0 radical (unpaired) electrons. The number of nitrogens with one attached hydrogen (secondary N) is 1. The maximum Gasteiger partial charge on any atom is 0.224 e. The molecule has 2 aliphatic heterocycles. The van der Waals surface area contributed by atoms with Crippen molar-refractivity contribution < 1.29 is 4.79 Å². The Morgan fingerprint density at radius 3 is 2.86 bits per heavy atom. The lowest BCUT2D eigenvalue weighted by molar-refractivity contribution is -0.116. The lowest BCUT2D eigenvalue weighted by Crippen LogP contribution is -2.51. The van der Waals surface area contributed by atoms with E-state index in [1.165, 1.54) is 5.56 Å². The van der Waals surface area contributed by atoms with Crippen molar-refractivity contribution in [2.45, 2.75) is 32.7 Å². The Bertz CT molecular complexity index is 557. The molecule has 2 aliphatic rings. The number of aryl methyl sites for hydroxylation is 1. The molecule has 1 aromatic rings. The Labute approximate surface area is 126 Å². The molecule has 5 nitrogen and oxygen atoms in total. The fourth-order valence-electron chi connectivity index (χ4n) is 3.39. The van der Waals surface area contributed by atoms with E-state index in [1.54, 1.807) is 0 Å². The highest BCUT2D eigenvalue weighted by atomic mass is 16.1. The topological polar surface area (TPSA) is 61.6 Å². The van der Waals surface area contributed by atoms with Crippen LogP contribution in [0.1, 0.15) is 25.8 Å². The third-order valence-electron chi connectivity index (χ3n) is 4.66. The number of nitrogen functional groups attached to an aromatic ring is 1. The van der Waals surface area contributed by atoms with Crippen molar-refractivity contribution >= 4 is 23.0 Å². The van der Waals surface area contributed by atoms with Gasteiger partial charge in [-0.25, -0.2) is 0 Å². The van der Waals surface area contributed by atoms with Gasteiger partial charge in [-0.3, -0.25) is 9.69 Å². The summed E-state index contributed by atoms with van der Waals surface area (Å²) in [4.78, 5) is 16.3. The van der Waals surface area contributed by atoms with E-state index < -0.39 is 0 Å². The van der Waals surface area contributed by atoms with Gasteiger partial charge in [0.1, 0.15) is 0 Å². The molecule has 21 heavy (non-hydrogen) atoms. The van der Waals surface area contributed by atoms with Gasteiger partial charge in [0.15, 0.2) is 0 Å². The first-order valence-corrected chi connectivity index (χ1v) is 7.79. The summed E-state index contributed by atoms with van der Waals surface area (Å²) in [5.74, 6) is 0.0832. The van der Waals surface area contributed by atoms with E-state index >= 15 is 0 Å². The first kappa shape index (κ1) is 14.2. The summed E-state index contributed by atoms with van der Waals surface area (Å²) >= 11 is 0. The van der Waals surface area contributed by atoms with Gasteiger partial charge in [0, 0.05) is 37.8 Å². The van der Waals surface area contributed by atoms with Crippen LogP contribution in [0.2, 0.25) is 0 Å². The molecule has 0 aliphatic carbocycles. The van der Waals surface area contributed by atoms with Crippen LogP contribution in [0, 0.1) is 0 Å². The van der Waals surface area contributed by atoms with Crippen LogP contribution in [0.15, 0.2) is 12.1 Å². The van der Waals surface area contributed by atoms with Crippen molar-refractivity contribution in [2.24, 2.45) is 0 Å². The summed E-state index contributed by atoms with van der Waals surface area (Å²) in [7, 11) is 0. The maximum absolute atomic E-state index is 11.5. The van der Waals surface area contributed by atoms with Crippen molar-refractivity contribution in [1.29, 1.82) is 0 Å². The number of rotatable bonds is 2. The van der Waals surface area contributed by atoms with Crippen LogP contribution in [-0.4, -0.2) is 43.0 Å². The molecule has 114 valence electrons. The minimum Gasteiger partial charge on any atom is -0.397 e. The van der Waals surface area contributed by atoms with Crippen LogP contribution in [0.3, 0.4) is 0 Å². The number of anilines is 3. The molecular formula is C16H24N4O. The maximum atomic E-state index is 11.5. The van der Waals surface area contributed by atoms with Gasteiger partial charge >= 0.3 is 0 Å². The highest BCUT2D eigenvalue weighted by molar-refractivity contribution is 5.95. The lowest BCUT2D eigenvalue weighted by atomic mass is 10.0. The molecule has 2 heterocycles. The van der Waals surface area contributed by atoms with E-state index in [-0.39, 0.29) is 5.91 Å². The van der Waals surface area contributed by atoms with E-state index in [4.69, 9.17) is 5.73 Å². The molecule has 1 saturated heterocycles. The Hall–Kier alpha value is -1.75. The third-order valence-corrected chi connectivity index (χ3v) is 4.66. The SMILES string of the molecule is CCN1CCN(c2cc3c(cc2N)NC(=O)CC3)CC1C.